The van der Waals surface area contributed by atoms with Crippen molar-refractivity contribution in [3.63, 3.8) is 0 Å². The van der Waals surface area contributed by atoms with Gasteiger partial charge in [-0.2, -0.15) is 0 Å². The third-order valence-corrected chi connectivity index (χ3v) is 3.06. The molecule has 0 bridgehead atoms. The van der Waals surface area contributed by atoms with E-state index >= 15 is 0 Å². The molecule has 0 unspecified atom stereocenters. The van der Waals surface area contributed by atoms with Gasteiger partial charge in [0, 0.05) is 19.4 Å². The summed E-state index contributed by atoms with van der Waals surface area (Å²) >= 11 is 0. The molecule has 1 heterocycles. The number of rotatable bonds is 1. The Hall–Kier alpha value is -0.860. The van der Waals surface area contributed by atoms with Crippen LogP contribution < -0.4 is 0 Å². The van der Waals surface area contributed by atoms with Crippen molar-refractivity contribution in [2.75, 3.05) is 6.54 Å². The van der Waals surface area contributed by atoms with Crippen molar-refractivity contribution in [2.45, 2.75) is 65.7 Å². The van der Waals surface area contributed by atoms with Crippen LogP contribution >= 0.6 is 0 Å². The molecule has 98 valence electrons. The fourth-order valence-electron chi connectivity index (χ4n) is 2.15. The summed E-state index contributed by atoms with van der Waals surface area (Å²) in [6.45, 7) is 6.72. The lowest BCUT2D eigenvalue weighted by molar-refractivity contribution is -0.146. The van der Waals surface area contributed by atoms with Crippen molar-refractivity contribution in [1.82, 2.24) is 4.90 Å². The molecule has 3 heteroatoms. The lowest BCUT2D eigenvalue weighted by atomic mass is 9.91. The van der Waals surface area contributed by atoms with Gasteiger partial charge >= 0.3 is 0 Å². The van der Waals surface area contributed by atoms with E-state index in [4.69, 9.17) is 0 Å². The van der Waals surface area contributed by atoms with Gasteiger partial charge in [0.15, 0.2) is 0 Å². The minimum absolute atomic E-state index is 0.00407. The van der Waals surface area contributed by atoms with Crippen LogP contribution in [0, 0.1) is 5.41 Å². The predicted octanol–water partition coefficient (Wildman–Crippen LogP) is 3.13. The molecular weight excluding hydrogens is 214 g/mol. The van der Waals surface area contributed by atoms with Gasteiger partial charge in [-0.05, 0) is 18.3 Å². The summed E-state index contributed by atoms with van der Waals surface area (Å²) in [6, 6.07) is 0. The molecule has 1 aliphatic rings. The monoisotopic (exact) mass is 239 g/mol. The second-order valence-corrected chi connectivity index (χ2v) is 6.19. The Morgan fingerprint density at radius 2 is 1.71 bits per heavy atom. The van der Waals surface area contributed by atoms with Crippen LogP contribution in [0.1, 0.15) is 65.7 Å². The van der Waals surface area contributed by atoms with Crippen molar-refractivity contribution < 1.29 is 9.59 Å². The van der Waals surface area contributed by atoms with E-state index in [-0.39, 0.29) is 17.2 Å². The van der Waals surface area contributed by atoms with Crippen LogP contribution in [0.5, 0.6) is 0 Å². The summed E-state index contributed by atoms with van der Waals surface area (Å²) < 4.78 is 0. The molecule has 0 aromatic rings. The SMILES string of the molecule is CC(C)(C)CC(=O)N1CCCCCCCC1=O. The molecule has 17 heavy (non-hydrogen) atoms. The maximum atomic E-state index is 12.1. The molecule has 1 aliphatic heterocycles. The Morgan fingerprint density at radius 3 is 2.35 bits per heavy atom. The Balaban J connectivity index is 2.63. The van der Waals surface area contributed by atoms with Crippen molar-refractivity contribution in [1.29, 1.82) is 0 Å². The third kappa shape index (κ3) is 5.33. The largest absolute Gasteiger partial charge is 0.283 e. The zero-order valence-corrected chi connectivity index (χ0v) is 11.4. The highest BCUT2D eigenvalue weighted by Crippen LogP contribution is 2.21. The average Bonchev–Trinajstić information content (AvgIpc) is 2.27. The van der Waals surface area contributed by atoms with E-state index in [1.165, 1.54) is 11.3 Å². The third-order valence-electron chi connectivity index (χ3n) is 3.06. The molecule has 0 aromatic carbocycles. The van der Waals surface area contributed by atoms with Crippen molar-refractivity contribution in [2.24, 2.45) is 5.41 Å². The summed E-state index contributed by atoms with van der Waals surface area (Å²) in [5.74, 6) is 0.0329. The summed E-state index contributed by atoms with van der Waals surface area (Å²) in [6.07, 6.45) is 6.32. The molecule has 2 amide bonds. The minimum Gasteiger partial charge on any atom is -0.283 e. The zero-order chi connectivity index (χ0) is 12.9. The molecule has 0 saturated carbocycles. The second kappa shape index (κ2) is 6.18. The maximum absolute atomic E-state index is 12.1. The van der Waals surface area contributed by atoms with Gasteiger partial charge in [-0.15, -0.1) is 0 Å². The van der Waals surface area contributed by atoms with Gasteiger partial charge in [-0.3, -0.25) is 14.5 Å². The van der Waals surface area contributed by atoms with Crippen LogP contribution in [-0.2, 0) is 9.59 Å². The van der Waals surface area contributed by atoms with E-state index in [9.17, 15) is 9.59 Å². The molecule has 3 nitrogen and oxygen atoms in total. The molecular formula is C14H25NO2. The van der Waals surface area contributed by atoms with Crippen molar-refractivity contribution in [3.8, 4) is 0 Å². The van der Waals surface area contributed by atoms with Crippen LogP contribution in [0.2, 0.25) is 0 Å². The average molecular weight is 239 g/mol. The first kappa shape index (κ1) is 14.2. The highest BCUT2D eigenvalue weighted by molar-refractivity contribution is 5.95. The molecule has 0 aliphatic carbocycles. The lowest BCUT2D eigenvalue weighted by Crippen LogP contribution is -2.39. The van der Waals surface area contributed by atoms with E-state index in [0.29, 0.717) is 19.4 Å². The van der Waals surface area contributed by atoms with Gasteiger partial charge in [0.25, 0.3) is 0 Å². The highest BCUT2D eigenvalue weighted by atomic mass is 16.2. The Labute approximate surface area is 105 Å². The number of imide groups is 1. The normalized spacial score (nSPS) is 19.5. The Morgan fingerprint density at radius 1 is 1.12 bits per heavy atom. The first-order valence-corrected chi connectivity index (χ1v) is 6.73. The van der Waals surface area contributed by atoms with Crippen LogP contribution in [0.3, 0.4) is 0 Å². The molecule has 0 N–H and O–H groups in total. The van der Waals surface area contributed by atoms with Gasteiger partial charge < -0.3 is 0 Å². The summed E-state index contributed by atoms with van der Waals surface area (Å²) in [7, 11) is 0. The van der Waals surface area contributed by atoms with Crippen LogP contribution in [0.4, 0.5) is 0 Å². The number of nitrogens with zero attached hydrogens (tertiary/aromatic N) is 1. The van der Waals surface area contributed by atoms with Crippen molar-refractivity contribution >= 4 is 11.8 Å². The fraction of sp³-hybridized carbons (Fsp3) is 0.857. The molecule has 0 spiro atoms. The minimum atomic E-state index is -0.0458. The fourth-order valence-corrected chi connectivity index (χ4v) is 2.15. The van der Waals surface area contributed by atoms with Crippen LogP contribution in [0.15, 0.2) is 0 Å². The van der Waals surface area contributed by atoms with E-state index in [2.05, 4.69) is 0 Å². The first-order valence-electron chi connectivity index (χ1n) is 6.73. The molecule has 0 radical (unpaired) electrons. The molecule has 1 saturated heterocycles. The first-order chi connectivity index (χ1) is 7.90. The number of hydrogen-bond acceptors (Lipinski definition) is 2. The smallest absolute Gasteiger partial charge is 0.229 e. The number of carbonyl (C=O) groups excluding carboxylic acids is 2. The number of hydrogen-bond donors (Lipinski definition) is 0. The Bertz CT molecular complexity index is 278. The summed E-state index contributed by atoms with van der Waals surface area (Å²) in [5, 5.41) is 0. The molecule has 1 rings (SSSR count). The van der Waals surface area contributed by atoms with Crippen LogP contribution in [0.25, 0.3) is 0 Å². The lowest BCUT2D eigenvalue weighted by Gasteiger charge is -2.25. The van der Waals surface area contributed by atoms with Gasteiger partial charge in [0.05, 0.1) is 0 Å². The molecule has 0 atom stereocenters. The van der Waals surface area contributed by atoms with E-state index in [0.717, 1.165) is 25.7 Å². The summed E-state index contributed by atoms with van der Waals surface area (Å²) in [4.78, 5) is 25.6. The van der Waals surface area contributed by atoms with Gasteiger partial charge in [-0.25, -0.2) is 0 Å². The standard InChI is InChI=1S/C14H25NO2/c1-14(2,3)11-13(17)15-10-8-6-4-5-7-9-12(15)16/h4-11H2,1-3H3. The second-order valence-electron chi connectivity index (χ2n) is 6.19. The van der Waals surface area contributed by atoms with E-state index < -0.39 is 0 Å². The van der Waals surface area contributed by atoms with Gasteiger partial charge in [0.2, 0.25) is 11.8 Å². The van der Waals surface area contributed by atoms with Crippen molar-refractivity contribution in [3.05, 3.63) is 0 Å². The topological polar surface area (TPSA) is 37.4 Å². The van der Waals surface area contributed by atoms with E-state index in [1.807, 2.05) is 20.8 Å². The van der Waals surface area contributed by atoms with Gasteiger partial charge in [0.1, 0.15) is 0 Å². The molecule has 0 aromatic heterocycles. The summed E-state index contributed by atoms with van der Waals surface area (Å²) in [5.41, 5.74) is -0.0458. The van der Waals surface area contributed by atoms with Gasteiger partial charge in [-0.1, -0.05) is 40.0 Å². The quantitative estimate of drug-likeness (QED) is 0.705. The number of carbonyl (C=O) groups is 2. The Kier molecular flexibility index (Phi) is 5.16. The number of amides is 2. The van der Waals surface area contributed by atoms with E-state index in [1.54, 1.807) is 0 Å². The predicted molar refractivity (Wildman–Crippen MR) is 68.5 cm³/mol. The van der Waals surface area contributed by atoms with Crippen LogP contribution in [-0.4, -0.2) is 23.3 Å². The highest BCUT2D eigenvalue weighted by Gasteiger charge is 2.25. The molecule has 1 fully saturated rings. The zero-order valence-electron chi connectivity index (χ0n) is 11.4. The maximum Gasteiger partial charge on any atom is 0.229 e.